The number of likely N-dealkylation sites (N-methyl/N-ethyl adjacent to an activating group) is 1. The first-order chi connectivity index (χ1) is 13.2. The van der Waals surface area contributed by atoms with Crippen molar-refractivity contribution >= 4 is 50.4 Å². The lowest BCUT2D eigenvalue weighted by Gasteiger charge is -2.44. The SMILES string of the molecule is C[C@@H]1CN(c2ccc(Br)c(F)c2Nc2ncnc(Cl)c2[N+](=O)[O-])C[C@H](C)N1C. The Morgan fingerprint density at radius 2 is 1.96 bits per heavy atom. The van der Waals surface area contributed by atoms with Crippen molar-refractivity contribution in [2.24, 2.45) is 0 Å². The fraction of sp³-hybridized carbons (Fsp3) is 0.412. The van der Waals surface area contributed by atoms with E-state index in [1.165, 1.54) is 0 Å². The summed E-state index contributed by atoms with van der Waals surface area (Å²) < 4.78 is 15.2. The van der Waals surface area contributed by atoms with Gasteiger partial charge in [-0.15, -0.1) is 0 Å². The Morgan fingerprint density at radius 3 is 2.57 bits per heavy atom. The molecule has 1 aromatic carbocycles. The highest BCUT2D eigenvalue weighted by molar-refractivity contribution is 9.10. The van der Waals surface area contributed by atoms with Gasteiger partial charge in [0.25, 0.3) is 0 Å². The van der Waals surface area contributed by atoms with E-state index in [9.17, 15) is 10.1 Å². The first kappa shape index (κ1) is 20.7. The summed E-state index contributed by atoms with van der Waals surface area (Å²) in [5.41, 5.74) is 0.183. The maximum absolute atomic E-state index is 15.0. The van der Waals surface area contributed by atoms with E-state index < -0.39 is 16.4 Å². The number of rotatable bonds is 4. The second-order valence-corrected chi connectivity index (χ2v) is 7.98. The van der Waals surface area contributed by atoms with Crippen LogP contribution in [0, 0.1) is 15.9 Å². The van der Waals surface area contributed by atoms with Gasteiger partial charge in [-0.3, -0.25) is 15.0 Å². The first-order valence-corrected chi connectivity index (χ1v) is 9.74. The molecule has 2 heterocycles. The number of hydrogen-bond donors (Lipinski definition) is 1. The number of halogens is 3. The van der Waals surface area contributed by atoms with Gasteiger partial charge in [-0.25, -0.2) is 14.4 Å². The Kier molecular flexibility index (Phi) is 6.01. The molecule has 0 bridgehead atoms. The molecule has 28 heavy (non-hydrogen) atoms. The van der Waals surface area contributed by atoms with Crippen LogP contribution in [0.3, 0.4) is 0 Å². The Hall–Kier alpha value is -2.04. The smallest absolute Gasteiger partial charge is 0.348 e. The van der Waals surface area contributed by atoms with Crippen molar-refractivity contribution in [3.8, 4) is 0 Å². The molecule has 0 aliphatic carbocycles. The highest BCUT2D eigenvalue weighted by Gasteiger charge is 2.30. The van der Waals surface area contributed by atoms with Gasteiger partial charge in [0, 0.05) is 25.2 Å². The Balaban J connectivity index is 2.06. The van der Waals surface area contributed by atoms with Gasteiger partial charge in [-0.1, -0.05) is 11.6 Å². The van der Waals surface area contributed by atoms with Crippen LogP contribution in [0.4, 0.5) is 27.3 Å². The summed E-state index contributed by atoms with van der Waals surface area (Å²) in [5, 5.41) is 13.8. The molecule has 1 aliphatic heterocycles. The number of nitro groups is 1. The fourth-order valence-corrected chi connectivity index (χ4v) is 3.79. The predicted molar refractivity (Wildman–Crippen MR) is 110 cm³/mol. The predicted octanol–water partition coefficient (Wildman–Crippen LogP) is 4.21. The number of nitrogens with zero attached hydrogens (tertiary/aromatic N) is 5. The Morgan fingerprint density at radius 1 is 1.32 bits per heavy atom. The van der Waals surface area contributed by atoms with Crippen LogP contribution >= 0.6 is 27.5 Å². The van der Waals surface area contributed by atoms with Gasteiger partial charge in [0.1, 0.15) is 12.0 Å². The molecule has 11 heteroatoms. The molecule has 1 saturated heterocycles. The number of piperazine rings is 1. The van der Waals surface area contributed by atoms with E-state index in [0.717, 1.165) is 6.33 Å². The zero-order chi connectivity index (χ0) is 20.6. The molecule has 1 aromatic heterocycles. The van der Waals surface area contributed by atoms with E-state index in [-0.39, 0.29) is 33.2 Å². The number of anilines is 3. The second-order valence-electron chi connectivity index (χ2n) is 6.77. The van der Waals surface area contributed by atoms with Gasteiger partial charge in [-0.05, 0) is 49.0 Å². The summed E-state index contributed by atoms with van der Waals surface area (Å²) in [6.45, 7) is 5.56. The third-order valence-corrected chi connectivity index (χ3v) is 5.87. The minimum absolute atomic E-state index is 0.0937. The van der Waals surface area contributed by atoms with Crippen LogP contribution in [0.5, 0.6) is 0 Å². The Labute approximate surface area is 175 Å². The van der Waals surface area contributed by atoms with Crippen LogP contribution in [-0.2, 0) is 0 Å². The maximum atomic E-state index is 15.0. The topological polar surface area (TPSA) is 87.4 Å². The third-order valence-electron chi connectivity index (χ3n) is 4.98. The zero-order valence-corrected chi connectivity index (χ0v) is 17.8. The Bertz CT molecular complexity index is 905. The standard InChI is InChI=1S/C17H19BrClFN6O2/c1-9-6-25(7-10(2)24(9)3)12-5-4-11(18)13(20)14(12)23-17-15(26(27)28)16(19)21-8-22-17/h4-5,8-10H,6-7H2,1-3H3,(H,21,22,23)/t9-,10+. The van der Waals surface area contributed by atoms with E-state index in [2.05, 4.69) is 61.9 Å². The van der Waals surface area contributed by atoms with Crippen molar-refractivity contribution in [2.75, 3.05) is 30.4 Å². The molecule has 150 valence electrons. The minimum Gasteiger partial charge on any atom is -0.367 e. The fourth-order valence-electron chi connectivity index (χ4n) is 3.25. The van der Waals surface area contributed by atoms with Crippen molar-refractivity contribution < 1.29 is 9.31 Å². The summed E-state index contributed by atoms with van der Waals surface area (Å²) in [5.74, 6) is -0.737. The summed E-state index contributed by atoms with van der Waals surface area (Å²) in [6.07, 6.45) is 1.09. The normalized spacial score (nSPS) is 20.3. The van der Waals surface area contributed by atoms with E-state index >= 15 is 4.39 Å². The second kappa shape index (κ2) is 8.14. The molecular weight excluding hydrogens is 455 g/mol. The highest BCUT2D eigenvalue weighted by atomic mass is 79.9. The lowest BCUT2D eigenvalue weighted by Crippen LogP contribution is -2.55. The lowest BCUT2D eigenvalue weighted by atomic mass is 10.1. The molecule has 0 unspecified atom stereocenters. The van der Waals surface area contributed by atoms with Gasteiger partial charge in [0.05, 0.1) is 15.1 Å². The van der Waals surface area contributed by atoms with Crippen molar-refractivity contribution in [1.82, 2.24) is 14.9 Å². The van der Waals surface area contributed by atoms with Gasteiger partial charge >= 0.3 is 5.69 Å². The number of aromatic nitrogens is 2. The average Bonchev–Trinajstić information content (AvgIpc) is 2.63. The molecule has 1 aliphatic rings. The minimum atomic E-state index is -0.694. The highest BCUT2D eigenvalue weighted by Crippen LogP contribution is 2.39. The maximum Gasteiger partial charge on any atom is 0.348 e. The zero-order valence-electron chi connectivity index (χ0n) is 15.5. The quantitative estimate of drug-likeness (QED) is 0.404. The number of benzene rings is 1. The van der Waals surface area contributed by atoms with Crippen LogP contribution < -0.4 is 10.2 Å². The molecule has 1 fully saturated rings. The molecule has 2 aromatic rings. The number of hydrogen-bond acceptors (Lipinski definition) is 7. The molecule has 0 spiro atoms. The summed E-state index contributed by atoms with van der Waals surface area (Å²) in [7, 11) is 2.06. The average molecular weight is 474 g/mol. The van der Waals surface area contributed by atoms with Crippen LogP contribution in [0.2, 0.25) is 5.15 Å². The third kappa shape index (κ3) is 3.89. The molecule has 0 amide bonds. The van der Waals surface area contributed by atoms with Crippen molar-refractivity contribution in [2.45, 2.75) is 25.9 Å². The summed E-state index contributed by atoms with van der Waals surface area (Å²) in [4.78, 5) is 22.5. The molecule has 0 saturated carbocycles. The monoisotopic (exact) mass is 472 g/mol. The van der Waals surface area contributed by atoms with Crippen LogP contribution in [0.25, 0.3) is 0 Å². The van der Waals surface area contributed by atoms with Gasteiger partial charge < -0.3 is 10.2 Å². The molecule has 8 nitrogen and oxygen atoms in total. The molecule has 1 N–H and O–H groups in total. The summed E-state index contributed by atoms with van der Waals surface area (Å²) in [6, 6.07) is 3.90. The van der Waals surface area contributed by atoms with Crippen molar-refractivity contribution in [3.63, 3.8) is 0 Å². The largest absolute Gasteiger partial charge is 0.367 e. The van der Waals surface area contributed by atoms with Gasteiger partial charge in [0.15, 0.2) is 5.82 Å². The van der Waals surface area contributed by atoms with E-state index in [1.807, 2.05) is 0 Å². The molecular formula is C17H19BrClFN6O2. The number of nitrogens with one attached hydrogen (secondary N) is 1. The van der Waals surface area contributed by atoms with E-state index in [0.29, 0.717) is 18.8 Å². The molecule has 3 rings (SSSR count). The van der Waals surface area contributed by atoms with Crippen molar-refractivity contribution in [1.29, 1.82) is 0 Å². The van der Waals surface area contributed by atoms with Crippen LogP contribution in [0.1, 0.15) is 13.8 Å². The van der Waals surface area contributed by atoms with Crippen molar-refractivity contribution in [3.05, 3.63) is 44.0 Å². The van der Waals surface area contributed by atoms with Crippen LogP contribution in [0.15, 0.2) is 22.9 Å². The molecule has 2 atom stereocenters. The van der Waals surface area contributed by atoms with E-state index in [1.54, 1.807) is 12.1 Å². The summed E-state index contributed by atoms with van der Waals surface area (Å²) >= 11 is 9.03. The van der Waals surface area contributed by atoms with Crippen LogP contribution in [-0.4, -0.2) is 52.0 Å². The first-order valence-electron chi connectivity index (χ1n) is 8.57. The van der Waals surface area contributed by atoms with Gasteiger partial charge in [-0.2, -0.15) is 0 Å². The van der Waals surface area contributed by atoms with E-state index in [4.69, 9.17) is 11.6 Å². The van der Waals surface area contributed by atoms with Gasteiger partial charge in [0.2, 0.25) is 11.0 Å². The molecule has 0 radical (unpaired) electrons. The lowest BCUT2D eigenvalue weighted by molar-refractivity contribution is -0.384.